The van der Waals surface area contributed by atoms with E-state index in [1.807, 2.05) is 38.1 Å². The Labute approximate surface area is 170 Å². The summed E-state index contributed by atoms with van der Waals surface area (Å²) < 4.78 is 11.8. The third-order valence-electron chi connectivity index (χ3n) is 4.40. The molecule has 0 bridgehead atoms. The molecular weight excluding hydrogens is 372 g/mol. The number of aryl methyl sites for hydroxylation is 2. The van der Waals surface area contributed by atoms with E-state index in [-0.39, 0.29) is 6.04 Å². The molecule has 0 amide bonds. The quantitative estimate of drug-likeness (QED) is 0.443. The van der Waals surface area contributed by atoms with Crippen molar-refractivity contribution in [1.29, 1.82) is 0 Å². The van der Waals surface area contributed by atoms with E-state index in [0.29, 0.717) is 13.2 Å². The molecule has 150 valence electrons. The molecule has 0 saturated heterocycles. The molecule has 1 aromatic carbocycles. The summed E-state index contributed by atoms with van der Waals surface area (Å²) in [4.78, 5) is 10.5. The predicted molar refractivity (Wildman–Crippen MR) is 115 cm³/mol. The van der Waals surface area contributed by atoms with Crippen molar-refractivity contribution in [1.82, 2.24) is 15.6 Å². The molecule has 0 radical (unpaired) electrons. The third kappa shape index (κ3) is 4.65. The lowest BCUT2D eigenvalue weighted by Gasteiger charge is -2.15. The Morgan fingerprint density at radius 3 is 2.82 bits per heavy atom. The Hall–Kier alpha value is -2.54. The number of guanidine groups is 1. The summed E-state index contributed by atoms with van der Waals surface area (Å²) >= 11 is 1.69. The smallest absolute Gasteiger partial charge is 0.192 e. The van der Waals surface area contributed by atoms with E-state index in [2.05, 4.69) is 41.4 Å². The average Bonchev–Trinajstić information content (AvgIpc) is 3.24. The monoisotopic (exact) mass is 400 g/mol. The van der Waals surface area contributed by atoms with Gasteiger partial charge in [-0.15, -0.1) is 11.3 Å². The van der Waals surface area contributed by atoms with Crippen molar-refractivity contribution < 1.29 is 9.15 Å². The number of thiazole rings is 1. The lowest BCUT2D eigenvalue weighted by atomic mass is 10.2. The van der Waals surface area contributed by atoms with Crippen molar-refractivity contribution in [2.75, 3.05) is 13.2 Å². The van der Waals surface area contributed by atoms with Crippen molar-refractivity contribution in [3.63, 3.8) is 0 Å². The maximum atomic E-state index is 6.09. The number of hydrogen-bond donors (Lipinski definition) is 2. The first kappa shape index (κ1) is 20.2. The fourth-order valence-corrected chi connectivity index (χ4v) is 3.75. The van der Waals surface area contributed by atoms with Crippen molar-refractivity contribution in [3.8, 4) is 5.75 Å². The number of aromatic nitrogens is 1. The molecule has 0 fully saturated rings. The summed E-state index contributed by atoms with van der Waals surface area (Å²) in [6.07, 6.45) is 0. The van der Waals surface area contributed by atoms with Gasteiger partial charge < -0.3 is 19.8 Å². The molecule has 7 heteroatoms. The van der Waals surface area contributed by atoms with Gasteiger partial charge in [-0.05, 0) is 46.8 Å². The summed E-state index contributed by atoms with van der Waals surface area (Å²) in [6.45, 7) is 12.1. The van der Waals surface area contributed by atoms with Crippen LogP contribution >= 0.6 is 11.3 Å². The minimum atomic E-state index is -0.0422. The van der Waals surface area contributed by atoms with Crippen LogP contribution in [0.4, 0.5) is 0 Å². The van der Waals surface area contributed by atoms with E-state index in [9.17, 15) is 0 Å². The van der Waals surface area contributed by atoms with Gasteiger partial charge in [0.25, 0.3) is 0 Å². The SMILES string of the molecule is CCNC(=NCc1nc(C)c(C)s1)NC(C)c1cc2cccc(OCC)c2o1. The van der Waals surface area contributed by atoms with Gasteiger partial charge >= 0.3 is 0 Å². The standard InChI is InChI=1S/C21H28N4O2S/c1-6-22-21(23-12-19-24-13(3)15(5)28-19)25-14(4)18-11-16-9-8-10-17(26-7-2)20(16)27-18/h8-11,14H,6-7,12H2,1-5H3,(H2,22,23,25). The van der Waals surface area contributed by atoms with Gasteiger partial charge in [-0.25, -0.2) is 9.98 Å². The number of nitrogens with zero attached hydrogens (tertiary/aromatic N) is 2. The number of para-hydroxylation sites is 1. The molecule has 1 atom stereocenters. The summed E-state index contributed by atoms with van der Waals surface area (Å²) in [6, 6.07) is 7.95. The Bertz CT molecular complexity index is 941. The summed E-state index contributed by atoms with van der Waals surface area (Å²) in [5, 5.41) is 8.76. The molecule has 0 saturated carbocycles. The maximum absolute atomic E-state index is 6.09. The molecule has 3 rings (SSSR count). The van der Waals surface area contributed by atoms with Crippen LogP contribution in [0.2, 0.25) is 0 Å². The molecular formula is C21H28N4O2S. The number of benzene rings is 1. The van der Waals surface area contributed by atoms with Gasteiger partial charge in [0.1, 0.15) is 10.8 Å². The largest absolute Gasteiger partial charge is 0.490 e. The number of fused-ring (bicyclic) bond motifs is 1. The van der Waals surface area contributed by atoms with Gasteiger partial charge in [0.2, 0.25) is 0 Å². The lowest BCUT2D eigenvalue weighted by Crippen LogP contribution is -2.38. The lowest BCUT2D eigenvalue weighted by molar-refractivity contribution is 0.336. The molecule has 2 heterocycles. The first-order valence-electron chi connectivity index (χ1n) is 9.64. The average molecular weight is 401 g/mol. The van der Waals surface area contributed by atoms with Gasteiger partial charge in [0.05, 0.1) is 24.9 Å². The number of ether oxygens (including phenoxy) is 1. The minimum Gasteiger partial charge on any atom is -0.490 e. The molecule has 2 aromatic heterocycles. The van der Waals surface area contributed by atoms with E-state index in [0.717, 1.165) is 45.7 Å². The van der Waals surface area contributed by atoms with Crippen LogP contribution in [0.5, 0.6) is 5.75 Å². The van der Waals surface area contributed by atoms with Crippen LogP contribution in [-0.2, 0) is 6.54 Å². The van der Waals surface area contributed by atoms with Gasteiger partial charge in [-0.1, -0.05) is 12.1 Å². The summed E-state index contributed by atoms with van der Waals surface area (Å²) in [5.74, 6) is 2.35. The van der Waals surface area contributed by atoms with Gasteiger partial charge in [-0.2, -0.15) is 0 Å². The highest BCUT2D eigenvalue weighted by Gasteiger charge is 2.15. The van der Waals surface area contributed by atoms with E-state index in [1.165, 1.54) is 4.88 Å². The highest BCUT2D eigenvalue weighted by Crippen LogP contribution is 2.31. The predicted octanol–water partition coefficient (Wildman–Crippen LogP) is 4.72. The number of nitrogens with one attached hydrogen (secondary N) is 2. The van der Waals surface area contributed by atoms with Crippen LogP contribution in [0.1, 0.15) is 48.2 Å². The molecule has 1 unspecified atom stereocenters. The van der Waals surface area contributed by atoms with E-state index < -0.39 is 0 Å². The van der Waals surface area contributed by atoms with Crippen LogP contribution in [0.25, 0.3) is 11.0 Å². The zero-order valence-corrected chi connectivity index (χ0v) is 17.9. The second-order valence-electron chi connectivity index (χ2n) is 6.57. The number of hydrogen-bond acceptors (Lipinski definition) is 5. The highest BCUT2D eigenvalue weighted by atomic mass is 32.1. The Kier molecular flexibility index (Phi) is 6.57. The second kappa shape index (κ2) is 9.10. The maximum Gasteiger partial charge on any atom is 0.192 e. The molecule has 0 aliphatic carbocycles. The van der Waals surface area contributed by atoms with Crippen LogP contribution < -0.4 is 15.4 Å². The van der Waals surface area contributed by atoms with Gasteiger partial charge in [0.15, 0.2) is 17.3 Å². The molecule has 2 N–H and O–H groups in total. The zero-order valence-electron chi connectivity index (χ0n) is 17.1. The fraction of sp³-hybridized carbons (Fsp3) is 0.429. The van der Waals surface area contributed by atoms with Gasteiger partial charge in [-0.3, -0.25) is 0 Å². The first-order chi connectivity index (χ1) is 13.5. The van der Waals surface area contributed by atoms with Crippen LogP contribution in [0.3, 0.4) is 0 Å². The van der Waals surface area contributed by atoms with Crippen LogP contribution in [0.15, 0.2) is 33.7 Å². The van der Waals surface area contributed by atoms with E-state index in [1.54, 1.807) is 11.3 Å². The van der Waals surface area contributed by atoms with E-state index in [4.69, 9.17) is 9.15 Å². The molecule has 0 aliphatic heterocycles. The molecule has 0 aliphatic rings. The highest BCUT2D eigenvalue weighted by molar-refractivity contribution is 7.11. The zero-order chi connectivity index (χ0) is 20.1. The Morgan fingerprint density at radius 2 is 2.14 bits per heavy atom. The summed E-state index contributed by atoms with van der Waals surface area (Å²) in [5.41, 5.74) is 1.86. The van der Waals surface area contributed by atoms with Crippen molar-refractivity contribution in [3.05, 3.63) is 45.6 Å². The number of rotatable bonds is 7. The number of aliphatic imine (C=N–C) groups is 1. The van der Waals surface area contributed by atoms with Crippen molar-refractivity contribution in [2.24, 2.45) is 4.99 Å². The molecule has 6 nitrogen and oxygen atoms in total. The third-order valence-corrected chi connectivity index (χ3v) is 5.45. The molecule has 0 spiro atoms. The number of furan rings is 1. The topological polar surface area (TPSA) is 71.7 Å². The van der Waals surface area contributed by atoms with Crippen molar-refractivity contribution in [2.45, 2.75) is 47.2 Å². The normalized spacial score (nSPS) is 13.0. The van der Waals surface area contributed by atoms with Crippen LogP contribution in [0, 0.1) is 13.8 Å². The Balaban J connectivity index is 1.76. The van der Waals surface area contributed by atoms with Crippen LogP contribution in [-0.4, -0.2) is 24.1 Å². The van der Waals surface area contributed by atoms with E-state index >= 15 is 0 Å². The minimum absolute atomic E-state index is 0.0422. The summed E-state index contributed by atoms with van der Waals surface area (Å²) in [7, 11) is 0. The van der Waals surface area contributed by atoms with Crippen molar-refractivity contribution >= 4 is 28.3 Å². The van der Waals surface area contributed by atoms with Gasteiger partial charge in [0, 0.05) is 16.8 Å². The Morgan fingerprint density at radius 1 is 1.32 bits per heavy atom. The fourth-order valence-electron chi connectivity index (χ4n) is 2.89. The molecule has 28 heavy (non-hydrogen) atoms. The second-order valence-corrected chi connectivity index (χ2v) is 7.85. The molecule has 3 aromatic rings. The first-order valence-corrected chi connectivity index (χ1v) is 10.5.